The Morgan fingerprint density at radius 2 is 0.842 bits per heavy atom. The Kier molecular flexibility index (Phi) is 6.67. The molecule has 0 aliphatic rings. The summed E-state index contributed by atoms with van der Waals surface area (Å²) in [5, 5.41) is 0.0497. The van der Waals surface area contributed by atoms with Crippen LogP contribution in [-0.2, 0) is 0 Å². The first-order valence-corrected chi connectivity index (χ1v) is 6.13. The van der Waals surface area contributed by atoms with Gasteiger partial charge in [0.1, 0.15) is 0 Å². The van der Waals surface area contributed by atoms with Gasteiger partial charge >= 0.3 is 6.01 Å². The molecule has 0 fully saturated rings. The Morgan fingerprint density at radius 1 is 0.579 bits per heavy atom. The molecule has 0 saturated carbocycles. The quantitative estimate of drug-likeness (QED) is 0.769. The van der Waals surface area contributed by atoms with E-state index in [1.165, 1.54) is 7.11 Å². The van der Waals surface area contributed by atoms with Gasteiger partial charge in [0.25, 0.3) is 0 Å². The molecule has 7 nitrogen and oxygen atoms in total. The van der Waals surface area contributed by atoms with Crippen molar-refractivity contribution in [1.82, 2.24) is 29.9 Å². The lowest BCUT2D eigenvalue weighted by atomic mass is 11.0. The van der Waals surface area contributed by atoms with Gasteiger partial charge in [0.15, 0.2) is 0 Å². The monoisotopic (exact) mass is 362 g/mol. The molecule has 19 heavy (non-hydrogen) atoms. The maximum Gasteiger partial charge on any atom is 0.321 e. The van der Waals surface area contributed by atoms with Gasteiger partial charge in [-0.2, -0.15) is 29.9 Å². The molecule has 0 atom stereocenters. The maximum atomic E-state index is 5.40. The van der Waals surface area contributed by atoms with E-state index in [4.69, 9.17) is 58.0 Å². The van der Waals surface area contributed by atoms with Crippen molar-refractivity contribution in [2.24, 2.45) is 0 Å². The highest BCUT2D eigenvalue weighted by Gasteiger charge is 2.00. The number of aromatic nitrogens is 6. The van der Waals surface area contributed by atoms with Gasteiger partial charge in [-0.15, -0.1) is 0 Å². The van der Waals surface area contributed by atoms with Gasteiger partial charge in [0.05, 0.1) is 7.11 Å². The number of hydrogen-bond donors (Lipinski definition) is 0. The van der Waals surface area contributed by atoms with E-state index >= 15 is 0 Å². The summed E-state index contributed by atoms with van der Waals surface area (Å²) in [6.07, 6.45) is 0. The summed E-state index contributed by atoms with van der Waals surface area (Å²) >= 11 is 26.8. The molecular weight excluding hydrogens is 361 g/mol. The first-order valence-electron chi connectivity index (χ1n) is 4.24. The van der Waals surface area contributed by atoms with E-state index in [9.17, 15) is 0 Å². The van der Waals surface area contributed by atoms with Crippen LogP contribution >= 0.6 is 58.0 Å². The second-order valence-electron chi connectivity index (χ2n) is 2.50. The molecule has 0 spiro atoms. The summed E-state index contributed by atoms with van der Waals surface area (Å²) in [6.45, 7) is 0. The average Bonchev–Trinajstić information content (AvgIpc) is 2.26. The van der Waals surface area contributed by atoms with Gasteiger partial charge in [-0.25, -0.2) is 0 Å². The second-order valence-corrected chi connectivity index (χ2v) is 4.19. The van der Waals surface area contributed by atoms with Crippen molar-refractivity contribution in [2.75, 3.05) is 7.11 Å². The molecule has 0 bridgehead atoms. The minimum absolute atomic E-state index is 0.000000000000000444. The standard InChI is InChI=1S/C4H3Cl2N3O.C3Cl3N3/c1-10-4-8-2(5)7-3(6)9-4;4-1-7-2(5)9-3(6)8-1/h1H3;. The van der Waals surface area contributed by atoms with Crippen molar-refractivity contribution in [3.63, 3.8) is 0 Å². The van der Waals surface area contributed by atoms with Crippen LogP contribution in [0.15, 0.2) is 0 Å². The molecule has 2 heterocycles. The van der Waals surface area contributed by atoms with E-state index in [-0.39, 0.29) is 32.4 Å². The number of hydrogen-bond acceptors (Lipinski definition) is 7. The van der Waals surface area contributed by atoms with Crippen LogP contribution in [0, 0.1) is 0 Å². The molecule has 0 amide bonds. The van der Waals surface area contributed by atoms with Gasteiger partial charge in [0.2, 0.25) is 26.4 Å². The van der Waals surface area contributed by atoms with Gasteiger partial charge < -0.3 is 4.74 Å². The fourth-order valence-electron chi connectivity index (χ4n) is 0.704. The maximum absolute atomic E-state index is 5.40. The largest absolute Gasteiger partial charge is 0.467 e. The van der Waals surface area contributed by atoms with Crippen molar-refractivity contribution in [3.05, 3.63) is 26.4 Å². The van der Waals surface area contributed by atoms with E-state index in [0.29, 0.717) is 0 Å². The summed E-state index contributed by atoms with van der Waals surface area (Å²) in [6, 6.07) is 0.116. The van der Waals surface area contributed by atoms with Crippen molar-refractivity contribution in [1.29, 1.82) is 0 Å². The van der Waals surface area contributed by atoms with Gasteiger partial charge in [-0.3, -0.25) is 0 Å². The molecule has 12 heteroatoms. The highest BCUT2D eigenvalue weighted by atomic mass is 35.5. The normalized spacial score (nSPS) is 9.58. The minimum Gasteiger partial charge on any atom is -0.467 e. The van der Waals surface area contributed by atoms with Crippen molar-refractivity contribution in [3.8, 4) is 6.01 Å². The summed E-state index contributed by atoms with van der Waals surface area (Å²) < 4.78 is 4.64. The smallest absolute Gasteiger partial charge is 0.321 e. The van der Waals surface area contributed by atoms with Crippen LogP contribution in [-0.4, -0.2) is 37.0 Å². The topological polar surface area (TPSA) is 86.6 Å². The lowest BCUT2D eigenvalue weighted by molar-refractivity contribution is 0.378. The minimum atomic E-state index is 0.000000000000000444. The third-order valence-corrected chi connectivity index (χ3v) is 2.14. The van der Waals surface area contributed by atoms with Gasteiger partial charge in [-0.05, 0) is 58.0 Å². The first kappa shape index (κ1) is 16.3. The molecule has 102 valence electrons. The van der Waals surface area contributed by atoms with Crippen LogP contribution in [0.25, 0.3) is 0 Å². The molecule has 0 saturated heterocycles. The summed E-state index contributed by atoms with van der Waals surface area (Å²) in [7, 11) is 1.42. The highest BCUT2D eigenvalue weighted by Crippen LogP contribution is 2.10. The number of methoxy groups -OCH3 is 1. The molecule has 0 N–H and O–H groups in total. The van der Waals surface area contributed by atoms with Crippen LogP contribution in [0.2, 0.25) is 26.4 Å². The fraction of sp³-hybridized carbons (Fsp3) is 0.143. The highest BCUT2D eigenvalue weighted by molar-refractivity contribution is 6.33. The van der Waals surface area contributed by atoms with Crippen LogP contribution in [0.3, 0.4) is 0 Å². The number of ether oxygens (including phenoxy) is 1. The zero-order valence-electron chi connectivity index (χ0n) is 8.98. The number of halogens is 5. The second kappa shape index (κ2) is 7.76. The Hall–Kier alpha value is -0.730. The molecule has 0 radical (unpaired) electrons. The molecule has 2 aromatic heterocycles. The van der Waals surface area contributed by atoms with Crippen molar-refractivity contribution in [2.45, 2.75) is 0 Å². The van der Waals surface area contributed by atoms with E-state index in [1.807, 2.05) is 0 Å². The Morgan fingerprint density at radius 3 is 1.11 bits per heavy atom. The van der Waals surface area contributed by atoms with Crippen LogP contribution in [0.5, 0.6) is 6.01 Å². The molecule has 2 rings (SSSR count). The van der Waals surface area contributed by atoms with Crippen LogP contribution in [0.1, 0.15) is 0 Å². The predicted octanol–water partition coefficient (Wildman–Crippen LogP) is 3.02. The third kappa shape index (κ3) is 6.31. The molecule has 2 aromatic rings. The fourth-order valence-corrected chi connectivity index (χ4v) is 1.66. The van der Waals surface area contributed by atoms with Crippen LogP contribution < -0.4 is 4.74 Å². The number of nitrogens with zero attached hydrogens (tertiary/aromatic N) is 6. The molecule has 0 aromatic carbocycles. The van der Waals surface area contributed by atoms with Gasteiger partial charge in [-0.1, -0.05) is 0 Å². The zero-order chi connectivity index (χ0) is 14.4. The predicted molar refractivity (Wildman–Crippen MR) is 71.3 cm³/mol. The SMILES string of the molecule is COc1nc(Cl)nc(Cl)n1.Clc1nc(Cl)nc(Cl)n1. The van der Waals surface area contributed by atoms with Crippen molar-refractivity contribution < 1.29 is 4.74 Å². The van der Waals surface area contributed by atoms with E-state index in [1.54, 1.807) is 0 Å². The summed E-state index contributed by atoms with van der Waals surface area (Å²) in [4.78, 5) is 21.1. The lowest BCUT2D eigenvalue weighted by Gasteiger charge is -1.95. The third-order valence-electron chi connectivity index (χ3n) is 1.30. The average molecular weight is 364 g/mol. The summed E-state index contributed by atoms with van der Waals surface area (Å²) in [5.41, 5.74) is 0. The van der Waals surface area contributed by atoms with E-state index in [2.05, 4.69) is 34.6 Å². The first-order chi connectivity index (χ1) is 8.90. The zero-order valence-corrected chi connectivity index (χ0v) is 12.8. The number of rotatable bonds is 1. The van der Waals surface area contributed by atoms with E-state index < -0.39 is 0 Å². The Bertz CT molecular complexity index is 499. The van der Waals surface area contributed by atoms with Crippen molar-refractivity contribution >= 4 is 58.0 Å². The molecular formula is C7H3Cl5N6O. The molecule has 0 aliphatic carbocycles. The van der Waals surface area contributed by atoms with Gasteiger partial charge in [0, 0.05) is 0 Å². The molecule has 0 aliphatic heterocycles. The van der Waals surface area contributed by atoms with Crippen LogP contribution in [0.4, 0.5) is 0 Å². The Balaban J connectivity index is 0.000000191. The Labute approximate surface area is 132 Å². The van der Waals surface area contributed by atoms with E-state index in [0.717, 1.165) is 0 Å². The molecule has 0 unspecified atom stereocenters. The lowest BCUT2D eigenvalue weighted by Crippen LogP contribution is -1.94. The summed E-state index contributed by atoms with van der Waals surface area (Å²) in [5.74, 6) is 0.